The van der Waals surface area contributed by atoms with Crippen molar-refractivity contribution in [2.24, 2.45) is 0 Å². The van der Waals surface area contributed by atoms with Gasteiger partial charge in [-0.2, -0.15) is 0 Å². The molecule has 0 spiro atoms. The van der Waals surface area contributed by atoms with Crippen LogP contribution in [0.1, 0.15) is 57.8 Å². The summed E-state index contributed by atoms with van der Waals surface area (Å²) < 4.78 is 0. The lowest BCUT2D eigenvalue weighted by Gasteiger charge is -1.98. The summed E-state index contributed by atoms with van der Waals surface area (Å²) >= 11 is 0. The van der Waals surface area contributed by atoms with E-state index in [9.17, 15) is 9.59 Å². The molecule has 0 bridgehead atoms. The Balaban J connectivity index is 3.12. The molecule has 2 N–H and O–H groups in total. The highest BCUT2D eigenvalue weighted by atomic mass is 16.4. The first kappa shape index (κ1) is 15.7. The molecule has 4 nitrogen and oxygen atoms in total. The lowest BCUT2D eigenvalue weighted by Crippen LogP contribution is -1.93. The highest BCUT2D eigenvalue weighted by Gasteiger charge is 1.96. The molecule has 0 atom stereocenters. The van der Waals surface area contributed by atoms with Gasteiger partial charge in [0.15, 0.2) is 0 Å². The van der Waals surface area contributed by atoms with Crippen LogP contribution in [0.15, 0.2) is 12.2 Å². The van der Waals surface area contributed by atoms with Crippen molar-refractivity contribution in [1.29, 1.82) is 0 Å². The van der Waals surface area contributed by atoms with E-state index >= 15 is 0 Å². The Bertz CT molecular complexity index is 246. The molecule has 0 saturated carbocycles. The van der Waals surface area contributed by atoms with Crippen molar-refractivity contribution in [2.45, 2.75) is 57.8 Å². The van der Waals surface area contributed by atoms with Gasteiger partial charge in [0.2, 0.25) is 0 Å². The zero-order valence-electron chi connectivity index (χ0n) is 10.2. The largest absolute Gasteiger partial charge is 0.481 e. The van der Waals surface area contributed by atoms with Gasteiger partial charge in [-0.3, -0.25) is 9.59 Å². The first-order valence-electron chi connectivity index (χ1n) is 6.21. The van der Waals surface area contributed by atoms with Crippen LogP contribution in [0.25, 0.3) is 0 Å². The quantitative estimate of drug-likeness (QED) is 0.431. The smallest absolute Gasteiger partial charge is 0.303 e. The Hall–Kier alpha value is -1.32. The molecule has 0 rings (SSSR count). The molecule has 0 aromatic heterocycles. The minimum atomic E-state index is -0.756. The van der Waals surface area contributed by atoms with Crippen LogP contribution in [0.5, 0.6) is 0 Å². The second kappa shape index (κ2) is 11.2. The first-order chi connectivity index (χ1) is 8.13. The maximum Gasteiger partial charge on any atom is 0.303 e. The van der Waals surface area contributed by atoms with Gasteiger partial charge in [0.05, 0.1) is 0 Å². The second-order valence-corrected chi connectivity index (χ2v) is 4.10. The topological polar surface area (TPSA) is 74.6 Å². The van der Waals surface area contributed by atoms with Crippen LogP contribution in [0.2, 0.25) is 0 Å². The zero-order valence-corrected chi connectivity index (χ0v) is 10.2. The molecule has 98 valence electrons. The molecular weight excluding hydrogens is 220 g/mol. The summed E-state index contributed by atoms with van der Waals surface area (Å²) in [5.41, 5.74) is 0. The number of carboxylic acid groups (broad SMARTS) is 2. The third kappa shape index (κ3) is 14.7. The standard InChI is InChI=1S/C13H22O4/c14-12(15)10-8-6-4-2-1-3-5-7-9-11-13(16)17/h4,6H,1-3,5,7-11H2,(H,14,15)(H,16,17)/b6-4+. The van der Waals surface area contributed by atoms with Crippen LogP contribution >= 0.6 is 0 Å². The number of hydrogen-bond acceptors (Lipinski definition) is 2. The van der Waals surface area contributed by atoms with E-state index in [-0.39, 0.29) is 12.8 Å². The predicted molar refractivity (Wildman–Crippen MR) is 66.0 cm³/mol. The fourth-order valence-corrected chi connectivity index (χ4v) is 1.51. The molecule has 0 aromatic rings. The third-order valence-corrected chi connectivity index (χ3v) is 2.45. The lowest BCUT2D eigenvalue weighted by molar-refractivity contribution is -0.138. The van der Waals surface area contributed by atoms with E-state index in [0.29, 0.717) is 6.42 Å². The molecule has 0 heterocycles. The summed E-state index contributed by atoms with van der Waals surface area (Å²) in [6.45, 7) is 0. The molecule has 0 unspecified atom stereocenters. The normalized spacial score (nSPS) is 10.8. The van der Waals surface area contributed by atoms with Crippen molar-refractivity contribution in [3.05, 3.63) is 12.2 Å². The molecule has 0 aromatic carbocycles. The van der Waals surface area contributed by atoms with Crippen LogP contribution in [-0.4, -0.2) is 22.2 Å². The fourth-order valence-electron chi connectivity index (χ4n) is 1.51. The fraction of sp³-hybridized carbons (Fsp3) is 0.692. The monoisotopic (exact) mass is 242 g/mol. The van der Waals surface area contributed by atoms with Crippen LogP contribution in [0.4, 0.5) is 0 Å². The Morgan fingerprint density at radius 1 is 0.706 bits per heavy atom. The van der Waals surface area contributed by atoms with Gasteiger partial charge in [0.25, 0.3) is 0 Å². The van der Waals surface area contributed by atoms with Crippen LogP contribution in [0.3, 0.4) is 0 Å². The highest BCUT2D eigenvalue weighted by Crippen LogP contribution is 2.07. The molecule has 0 aliphatic heterocycles. The van der Waals surface area contributed by atoms with Crippen molar-refractivity contribution in [2.75, 3.05) is 0 Å². The van der Waals surface area contributed by atoms with Crippen molar-refractivity contribution >= 4 is 11.9 Å². The maximum atomic E-state index is 10.2. The third-order valence-electron chi connectivity index (χ3n) is 2.45. The molecule has 0 aliphatic carbocycles. The van der Waals surface area contributed by atoms with Crippen LogP contribution < -0.4 is 0 Å². The molecule has 0 aliphatic rings. The first-order valence-corrected chi connectivity index (χ1v) is 6.21. The Labute approximate surface area is 102 Å². The molecule has 4 heteroatoms. The van der Waals surface area contributed by atoms with Crippen LogP contribution in [0, 0.1) is 0 Å². The molecular formula is C13H22O4. The van der Waals surface area contributed by atoms with Crippen molar-refractivity contribution < 1.29 is 19.8 Å². The number of carbonyl (C=O) groups is 2. The number of hydrogen-bond donors (Lipinski definition) is 2. The van der Waals surface area contributed by atoms with Crippen molar-refractivity contribution in [3.8, 4) is 0 Å². The summed E-state index contributed by atoms with van der Waals surface area (Å²) in [6.07, 6.45) is 11.0. The van der Waals surface area contributed by atoms with Crippen molar-refractivity contribution in [3.63, 3.8) is 0 Å². The number of rotatable bonds is 11. The maximum absolute atomic E-state index is 10.2. The number of unbranched alkanes of at least 4 members (excludes halogenated alkanes) is 5. The van der Waals surface area contributed by atoms with E-state index in [1.165, 1.54) is 0 Å². The molecule has 0 saturated heterocycles. The number of allylic oxidation sites excluding steroid dienone is 2. The minimum Gasteiger partial charge on any atom is -0.481 e. The van der Waals surface area contributed by atoms with Crippen molar-refractivity contribution in [1.82, 2.24) is 0 Å². The minimum absolute atomic E-state index is 0.200. The SMILES string of the molecule is O=C(O)CC/C=C/CCCCCCCC(=O)O. The van der Waals surface area contributed by atoms with Gasteiger partial charge in [0.1, 0.15) is 0 Å². The van der Waals surface area contributed by atoms with E-state index in [4.69, 9.17) is 10.2 Å². The van der Waals surface area contributed by atoms with Gasteiger partial charge in [0, 0.05) is 12.8 Å². The van der Waals surface area contributed by atoms with Gasteiger partial charge >= 0.3 is 11.9 Å². The summed E-state index contributed by atoms with van der Waals surface area (Å²) in [7, 11) is 0. The average Bonchev–Trinajstić information content (AvgIpc) is 2.25. The van der Waals surface area contributed by atoms with Gasteiger partial charge in [-0.05, 0) is 25.7 Å². The highest BCUT2D eigenvalue weighted by molar-refractivity contribution is 5.66. The molecule has 0 amide bonds. The van der Waals surface area contributed by atoms with E-state index in [2.05, 4.69) is 0 Å². The molecule has 17 heavy (non-hydrogen) atoms. The number of carboxylic acids is 2. The average molecular weight is 242 g/mol. The van der Waals surface area contributed by atoms with E-state index in [1.807, 2.05) is 12.2 Å². The van der Waals surface area contributed by atoms with E-state index < -0.39 is 11.9 Å². The van der Waals surface area contributed by atoms with Gasteiger partial charge in [-0.25, -0.2) is 0 Å². The summed E-state index contributed by atoms with van der Waals surface area (Å²) in [5.74, 6) is -1.47. The van der Waals surface area contributed by atoms with E-state index in [0.717, 1.165) is 38.5 Å². The molecule has 0 fully saturated rings. The van der Waals surface area contributed by atoms with Gasteiger partial charge in [-0.15, -0.1) is 0 Å². The molecule has 0 radical (unpaired) electrons. The summed E-state index contributed by atoms with van der Waals surface area (Å²) in [6, 6.07) is 0. The Morgan fingerprint density at radius 3 is 1.88 bits per heavy atom. The van der Waals surface area contributed by atoms with Crippen LogP contribution in [-0.2, 0) is 9.59 Å². The summed E-state index contributed by atoms with van der Waals surface area (Å²) in [5, 5.41) is 16.8. The summed E-state index contributed by atoms with van der Waals surface area (Å²) in [4.78, 5) is 20.4. The van der Waals surface area contributed by atoms with E-state index in [1.54, 1.807) is 0 Å². The van der Waals surface area contributed by atoms with Gasteiger partial charge < -0.3 is 10.2 Å². The Morgan fingerprint density at radius 2 is 1.24 bits per heavy atom. The predicted octanol–water partition coefficient (Wildman–Crippen LogP) is 3.22. The second-order valence-electron chi connectivity index (χ2n) is 4.10. The van der Waals surface area contributed by atoms with Gasteiger partial charge in [-0.1, -0.05) is 31.4 Å². The lowest BCUT2D eigenvalue weighted by atomic mass is 10.1. The Kier molecular flexibility index (Phi) is 10.3. The number of aliphatic carboxylic acids is 2. The zero-order chi connectivity index (χ0) is 12.9.